The first-order valence-electron chi connectivity index (χ1n) is 10.1. The van der Waals surface area contributed by atoms with Gasteiger partial charge in [0.15, 0.2) is 6.29 Å². The van der Waals surface area contributed by atoms with Crippen molar-refractivity contribution in [2.75, 3.05) is 13.2 Å². The summed E-state index contributed by atoms with van der Waals surface area (Å²) < 4.78 is 5.63. The Bertz CT molecular complexity index is 559. The zero-order valence-electron chi connectivity index (χ0n) is 16.4. The Morgan fingerprint density at radius 1 is 0.857 bits per heavy atom. The standard InChI is InChI=1S/C21H33NO6/c23-19(22-16-20(24)25)10-8-6-4-2-1-3-5-7-9-15-28-18-13-11-17(12-14-18)21(26)27/h11-14,21,26-27H,1-10,15-16H2,(H,22,23)(H,24,25). The van der Waals surface area contributed by atoms with Gasteiger partial charge in [0.25, 0.3) is 0 Å². The number of aliphatic carboxylic acids is 1. The third kappa shape index (κ3) is 12.3. The minimum absolute atomic E-state index is 0.188. The van der Waals surface area contributed by atoms with E-state index in [2.05, 4.69) is 5.32 Å². The normalized spacial score (nSPS) is 10.8. The number of benzene rings is 1. The van der Waals surface area contributed by atoms with Crippen molar-refractivity contribution in [1.82, 2.24) is 5.32 Å². The van der Waals surface area contributed by atoms with E-state index in [9.17, 15) is 9.59 Å². The van der Waals surface area contributed by atoms with Gasteiger partial charge in [0.2, 0.25) is 5.91 Å². The van der Waals surface area contributed by atoms with Crippen LogP contribution in [-0.2, 0) is 9.59 Å². The Morgan fingerprint density at radius 2 is 1.39 bits per heavy atom. The molecule has 158 valence electrons. The molecule has 0 aliphatic heterocycles. The van der Waals surface area contributed by atoms with Crippen molar-refractivity contribution in [2.45, 2.75) is 70.5 Å². The first-order valence-corrected chi connectivity index (χ1v) is 10.1. The average molecular weight is 395 g/mol. The number of carboxylic acids is 1. The van der Waals surface area contributed by atoms with E-state index in [-0.39, 0.29) is 12.5 Å². The zero-order valence-corrected chi connectivity index (χ0v) is 16.4. The number of carbonyl (C=O) groups excluding carboxylic acids is 1. The summed E-state index contributed by atoms with van der Waals surface area (Å²) in [5, 5.41) is 28.9. The summed E-state index contributed by atoms with van der Waals surface area (Å²) in [6.07, 6.45) is 8.71. The highest BCUT2D eigenvalue weighted by Gasteiger charge is 2.03. The number of unbranched alkanes of at least 4 members (excludes halogenated alkanes) is 8. The number of hydrogen-bond acceptors (Lipinski definition) is 5. The molecule has 0 aliphatic carbocycles. The van der Waals surface area contributed by atoms with E-state index < -0.39 is 12.3 Å². The maximum absolute atomic E-state index is 11.3. The van der Waals surface area contributed by atoms with Gasteiger partial charge in [-0.05, 0) is 25.0 Å². The van der Waals surface area contributed by atoms with Crippen LogP contribution in [0.5, 0.6) is 5.75 Å². The van der Waals surface area contributed by atoms with Gasteiger partial charge in [-0.3, -0.25) is 9.59 Å². The number of amides is 1. The monoisotopic (exact) mass is 395 g/mol. The van der Waals surface area contributed by atoms with Gasteiger partial charge in [0.05, 0.1) is 6.61 Å². The molecule has 4 N–H and O–H groups in total. The summed E-state index contributed by atoms with van der Waals surface area (Å²) in [6, 6.07) is 6.76. The highest BCUT2D eigenvalue weighted by molar-refractivity contribution is 5.80. The van der Waals surface area contributed by atoms with Crippen LogP contribution in [0.4, 0.5) is 0 Å². The molecular weight excluding hydrogens is 362 g/mol. The number of ether oxygens (including phenoxy) is 1. The number of hydrogen-bond donors (Lipinski definition) is 4. The molecule has 7 nitrogen and oxygen atoms in total. The van der Waals surface area contributed by atoms with Gasteiger partial charge in [0.1, 0.15) is 12.3 Å². The largest absolute Gasteiger partial charge is 0.494 e. The molecule has 1 rings (SSSR count). The van der Waals surface area contributed by atoms with Gasteiger partial charge in [-0.15, -0.1) is 0 Å². The first-order chi connectivity index (χ1) is 13.5. The van der Waals surface area contributed by atoms with E-state index in [1.165, 1.54) is 19.3 Å². The molecule has 0 radical (unpaired) electrons. The molecule has 0 aliphatic rings. The van der Waals surface area contributed by atoms with Crippen LogP contribution in [0.3, 0.4) is 0 Å². The van der Waals surface area contributed by atoms with Crippen LogP contribution in [0.25, 0.3) is 0 Å². The van der Waals surface area contributed by atoms with E-state index >= 15 is 0 Å². The number of carboxylic acid groups (broad SMARTS) is 1. The molecule has 7 heteroatoms. The van der Waals surface area contributed by atoms with Crippen LogP contribution in [0.1, 0.15) is 76.1 Å². The van der Waals surface area contributed by atoms with Crippen LogP contribution >= 0.6 is 0 Å². The molecule has 0 unspecified atom stereocenters. The van der Waals surface area contributed by atoms with E-state index in [0.29, 0.717) is 18.6 Å². The lowest BCUT2D eigenvalue weighted by molar-refractivity contribution is -0.137. The van der Waals surface area contributed by atoms with E-state index in [0.717, 1.165) is 44.3 Å². The number of nitrogens with one attached hydrogen (secondary N) is 1. The molecule has 1 amide bonds. The van der Waals surface area contributed by atoms with Crippen LogP contribution in [-0.4, -0.2) is 40.3 Å². The molecule has 0 saturated heterocycles. The summed E-state index contributed by atoms with van der Waals surface area (Å²) in [5.41, 5.74) is 0.453. The lowest BCUT2D eigenvalue weighted by Crippen LogP contribution is -2.28. The Labute approximate surface area is 166 Å². The lowest BCUT2D eigenvalue weighted by Gasteiger charge is -2.08. The second-order valence-electron chi connectivity index (χ2n) is 6.89. The smallest absolute Gasteiger partial charge is 0.322 e. The maximum atomic E-state index is 11.3. The fourth-order valence-corrected chi connectivity index (χ4v) is 2.81. The highest BCUT2D eigenvalue weighted by atomic mass is 16.5. The van der Waals surface area contributed by atoms with Crippen molar-refractivity contribution in [1.29, 1.82) is 0 Å². The molecule has 0 spiro atoms. The second-order valence-corrected chi connectivity index (χ2v) is 6.89. The Morgan fingerprint density at radius 3 is 1.93 bits per heavy atom. The van der Waals surface area contributed by atoms with E-state index in [4.69, 9.17) is 20.1 Å². The van der Waals surface area contributed by atoms with Gasteiger partial charge in [-0.2, -0.15) is 0 Å². The van der Waals surface area contributed by atoms with Crippen LogP contribution in [0, 0.1) is 0 Å². The molecule has 1 aromatic rings. The lowest BCUT2D eigenvalue weighted by atomic mass is 10.1. The van der Waals surface area contributed by atoms with Crippen molar-refractivity contribution in [2.24, 2.45) is 0 Å². The third-order valence-electron chi connectivity index (χ3n) is 4.43. The molecule has 1 aromatic carbocycles. The van der Waals surface area contributed by atoms with Crippen LogP contribution < -0.4 is 10.1 Å². The van der Waals surface area contributed by atoms with Gasteiger partial charge < -0.3 is 25.4 Å². The summed E-state index contributed by atoms with van der Waals surface area (Å²) in [7, 11) is 0. The minimum Gasteiger partial charge on any atom is -0.494 e. The van der Waals surface area contributed by atoms with E-state index in [1.54, 1.807) is 24.3 Å². The third-order valence-corrected chi connectivity index (χ3v) is 4.43. The molecule has 0 atom stereocenters. The molecule has 0 fully saturated rings. The number of rotatable bonds is 16. The number of aliphatic hydroxyl groups excluding tert-OH is 1. The number of aliphatic hydroxyl groups is 2. The Kier molecular flexibility index (Phi) is 12.7. The van der Waals surface area contributed by atoms with Gasteiger partial charge in [-0.1, -0.05) is 57.1 Å². The number of carbonyl (C=O) groups is 2. The predicted molar refractivity (Wildman–Crippen MR) is 106 cm³/mol. The van der Waals surface area contributed by atoms with Crippen LogP contribution in [0.2, 0.25) is 0 Å². The molecule has 0 bridgehead atoms. The summed E-state index contributed by atoms with van der Waals surface area (Å²) in [4.78, 5) is 21.7. The highest BCUT2D eigenvalue weighted by Crippen LogP contribution is 2.17. The fourth-order valence-electron chi connectivity index (χ4n) is 2.81. The molecular formula is C21H33NO6. The molecule has 28 heavy (non-hydrogen) atoms. The van der Waals surface area contributed by atoms with Gasteiger partial charge >= 0.3 is 5.97 Å². The zero-order chi connectivity index (χ0) is 20.6. The Balaban J connectivity index is 1.86. The van der Waals surface area contributed by atoms with Crippen molar-refractivity contribution in [3.05, 3.63) is 29.8 Å². The predicted octanol–water partition coefficient (Wildman–Crippen LogP) is 3.15. The van der Waals surface area contributed by atoms with Gasteiger partial charge in [-0.25, -0.2) is 0 Å². The summed E-state index contributed by atoms with van der Waals surface area (Å²) in [5.74, 6) is -0.468. The SMILES string of the molecule is O=C(O)CNC(=O)CCCCCCCCCCCOc1ccc(C(O)O)cc1. The summed E-state index contributed by atoms with van der Waals surface area (Å²) in [6.45, 7) is 0.356. The van der Waals surface area contributed by atoms with Crippen molar-refractivity contribution in [3.8, 4) is 5.75 Å². The molecule has 0 heterocycles. The average Bonchev–Trinajstić information content (AvgIpc) is 2.67. The van der Waals surface area contributed by atoms with Crippen molar-refractivity contribution < 1.29 is 29.6 Å². The fraction of sp³-hybridized carbons (Fsp3) is 0.619. The minimum atomic E-state index is -1.45. The summed E-state index contributed by atoms with van der Waals surface area (Å²) >= 11 is 0. The molecule has 0 saturated carbocycles. The Hall–Kier alpha value is -2.12. The molecule has 0 aromatic heterocycles. The second kappa shape index (κ2) is 14.9. The topological polar surface area (TPSA) is 116 Å². The quantitative estimate of drug-likeness (QED) is 0.252. The maximum Gasteiger partial charge on any atom is 0.322 e. The van der Waals surface area contributed by atoms with E-state index in [1.807, 2.05) is 0 Å². The van der Waals surface area contributed by atoms with Crippen LogP contribution in [0.15, 0.2) is 24.3 Å². The van der Waals surface area contributed by atoms with Gasteiger partial charge in [0, 0.05) is 12.0 Å². The van der Waals surface area contributed by atoms with Crippen molar-refractivity contribution >= 4 is 11.9 Å². The first kappa shape index (κ1) is 23.9. The van der Waals surface area contributed by atoms with Crippen molar-refractivity contribution in [3.63, 3.8) is 0 Å².